The molecule has 0 saturated heterocycles. The molecule has 12 nitrogen and oxygen atoms in total. The van der Waals surface area contributed by atoms with Crippen LogP contribution in [0.5, 0.6) is 0 Å². The van der Waals surface area contributed by atoms with Gasteiger partial charge in [0.05, 0.1) is 0 Å². The van der Waals surface area contributed by atoms with E-state index in [4.69, 9.17) is 20.6 Å². The number of hydrogen-bond donors (Lipinski definition) is 4. The van der Waals surface area contributed by atoms with Gasteiger partial charge in [-0.2, -0.15) is 0 Å². The van der Waals surface area contributed by atoms with Crippen LogP contribution >= 0.6 is 7.75 Å². The number of hydrogen-bond acceptors (Lipinski definition) is 2. The molecule has 0 spiro atoms. The number of rotatable bonds is 3. The van der Waals surface area contributed by atoms with E-state index >= 15 is 0 Å². The Balaban J connectivity index is -0.0000000257. The Hall–Kier alpha value is 0.730. The Labute approximate surface area is 156 Å². The number of likely N-dealkylation sites (N-methyl/N-ethyl adjacent to an activating group) is 1. The van der Waals surface area contributed by atoms with Crippen molar-refractivity contribution in [3.05, 3.63) is 0 Å². The molecular weight excluding hydrogens is 311 g/mol. The molecule has 0 aliphatic heterocycles. The number of carboxylic acids is 1. The number of nitrogens with zero attached hydrogens (tertiary/aromatic N) is 2. The maximum Gasteiger partial charge on any atom is 1.00 e. The first-order valence-corrected chi connectivity index (χ1v) is 4.63. The molecular formula is C4H20N3Na2O9P. The summed E-state index contributed by atoms with van der Waals surface area (Å²) in [5.74, 6) is -1.69. The number of guanidine groups is 1. The van der Waals surface area contributed by atoms with Crippen LogP contribution in [0.2, 0.25) is 0 Å². The van der Waals surface area contributed by atoms with Crippen molar-refractivity contribution >= 4 is 19.7 Å². The van der Waals surface area contributed by atoms with Crippen LogP contribution in [0.3, 0.4) is 0 Å². The SMILES string of the molecule is CN(CC(=O)O)C(N)=NP(=O)(O)O.O.O.O.O.[H-].[H-].[Na+].[Na+]. The first-order chi connectivity index (χ1) is 5.72. The molecule has 0 fully saturated rings. The summed E-state index contributed by atoms with van der Waals surface area (Å²) in [5.41, 5.74) is 5.07. The molecule has 0 rings (SSSR count). The second-order valence-electron chi connectivity index (χ2n) is 2.22. The van der Waals surface area contributed by atoms with Crippen molar-refractivity contribution in [2.24, 2.45) is 10.5 Å². The van der Waals surface area contributed by atoms with E-state index in [-0.39, 0.29) is 83.9 Å². The molecule has 0 heterocycles. The predicted octanol–water partition coefficient (Wildman–Crippen LogP) is -10.7. The molecule has 0 bridgehead atoms. The van der Waals surface area contributed by atoms with Crippen molar-refractivity contribution < 1.29 is 108 Å². The summed E-state index contributed by atoms with van der Waals surface area (Å²) in [6.45, 7) is -0.477. The quantitative estimate of drug-likeness (QED) is 0.167. The largest absolute Gasteiger partial charge is 1.00 e. The maximum absolute atomic E-state index is 10.3. The van der Waals surface area contributed by atoms with Gasteiger partial charge >= 0.3 is 72.8 Å². The van der Waals surface area contributed by atoms with Gasteiger partial charge in [0.2, 0.25) is 5.96 Å². The molecule has 15 heteroatoms. The van der Waals surface area contributed by atoms with E-state index in [9.17, 15) is 9.36 Å². The summed E-state index contributed by atoms with van der Waals surface area (Å²) in [6, 6.07) is 0. The topological polar surface area (TPSA) is 262 Å². The van der Waals surface area contributed by atoms with Gasteiger partial charge in [-0.1, -0.05) is 0 Å². The fourth-order valence-corrected chi connectivity index (χ4v) is 0.913. The molecule has 0 amide bonds. The summed E-state index contributed by atoms with van der Waals surface area (Å²) in [7, 11) is -3.34. The predicted molar refractivity (Wildman–Crippen MR) is 60.6 cm³/mol. The molecule has 0 aliphatic carbocycles. The standard InChI is InChI=1S/C4H10N3O5P.2Na.4H2O.2H/c1-7(2-3(8)9)4(5)6-13(10,11)12;;;;;;;;/h2H2,1H3,(H,8,9)(H4,5,6,10,11,12);;;4*1H2;;/q;2*+1;;;;;2*-1. The molecule has 0 aromatic heterocycles. The van der Waals surface area contributed by atoms with Gasteiger partial charge in [-0.15, -0.1) is 4.76 Å². The molecule has 0 radical (unpaired) electrons. The fraction of sp³-hybridized carbons (Fsp3) is 0.500. The van der Waals surface area contributed by atoms with Gasteiger partial charge in [0.25, 0.3) is 0 Å². The van der Waals surface area contributed by atoms with E-state index in [1.807, 2.05) is 0 Å². The fourth-order valence-electron chi connectivity index (χ4n) is 0.494. The third-order valence-corrected chi connectivity index (χ3v) is 1.46. The average molecular weight is 331 g/mol. The molecule has 0 aromatic carbocycles. The van der Waals surface area contributed by atoms with Crippen LogP contribution < -0.4 is 64.8 Å². The van der Waals surface area contributed by atoms with Gasteiger partial charge in [0, 0.05) is 7.05 Å². The zero-order valence-electron chi connectivity index (χ0n) is 12.8. The van der Waals surface area contributed by atoms with Crippen LogP contribution in [0.15, 0.2) is 4.76 Å². The molecule has 13 N–H and O–H groups in total. The van der Waals surface area contributed by atoms with Crippen molar-refractivity contribution in [3.8, 4) is 0 Å². The van der Waals surface area contributed by atoms with Crippen LogP contribution in [0.4, 0.5) is 0 Å². The van der Waals surface area contributed by atoms with Crippen LogP contribution in [0, 0.1) is 0 Å². The minimum atomic E-state index is -4.59. The van der Waals surface area contributed by atoms with E-state index < -0.39 is 26.2 Å². The normalized spacial score (nSPS) is 8.68. The van der Waals surface area contributed by atoms with Crippen molar-refractivity contribution in [1.82, 2.24) is 4.90 Å². The number of nitrogens with two attached hydrogens (primary N) is 1. The number of aliphatic carboxylic acids is 1. The molecule has 0 saturated carbocycles. The Kier molecular flexibility index (Phi) is 42.1. The Morgan fingerprint density at radius 1 is 1.26 bits per heavy atom. The molecule has 19 heavy (non-hydrogen) atoms. The summed E-state index contributed by atoms with van der Waals surface area (Å²) in [4.78, 5) is 27.7. The zero-order chi connectivity index (χ0) is 10.6. The van der Waals surface area contributed by atoms with E-state index in [1.165, 1.54) is 7.05 Å². The average Bonchev–Trinajstić information content (AvgIpc) is 1.81. The van der Waals surface area contributed by atoms with E-state index in [1.54, 1.807) is 0 Å². The van der Waals surface area contributed by atoms with Gasteiger partial charge in [-0.05, 0) is 0 Å². The smallest absolute Gasteiger partial charge is 1.00 e. The van der Waals surface area contributed by atoms with Gasteiger partial charge in [0.15, 0.2) is 0 Å². The van der Waals surface area contributed by atoms with Gasteiger partial charge in [-0.3, -0.25) is 4.79 Å². The number of carboxylic acid groups (broad SMARTS) is 1. The van der Waals surface area contributed by atoms with Crippen molar-refractivity contribution in [3.63, 3.8) is 0 Å². The number of carbonyl (C=O) groups is 1. The second-order valence-corrected chi connectivity index (χ2v) is 3.45. The Morgan fingerprint density at radius 2 is 1.58 bits per heavy atom. The summed E-state index contributed by atoms with van der Waals surface area (Å²) in [5, 5.41) is 8.28. The zero-order valence-corrected chi connectivity index (χ0v) is 15.7. The van der Waals surface area contributed by atoms with Gasteiger partial charge in [-0.25, -0.2) is 4.57 Å². The third-order valence-electron chi connectivity index (χ3n) is 0.996. The van der Waals surface area contributed by atoms with Crippen LogP contribution in [0.25, 0.3) is 0 Å². The Morgan fingerprint density at radius 3 is 1.79 bits per heavy atom. The van der Waals surface area contributed by atoms with Gasteiger partial charge < -0.3 is 50.3 Å². The van der Waals surface area contributed by atoms with E-state index in [0.29, 0.717) is 0 Å². The first kappa shape index (κ1) is 42.7. The molecule has 112 valence electrons. The molecule has 0 unspecified atom stereocenters. The van der Waals surface area contributed by atoms with E-state index in [0.717, 1.165) is 4.90 Å². The monoisotopic (exact) mass is 331 g/mol. The van der Waals surface area contributed by atoms with Crippen molar-refractivity contribution in [2.45, 2.75) is 0 Å². The third kappa shape index (κ3) is 27.8. The van der Waals surface area contributed by atoms with Gasteiger partial charge in [0.1, 0.15) is 6.54 Å². The second kappa shape index (κ2) is 18.7. The summed E-state index contributed by atoms with van der Waals surface area (Å²) < 4.78 is 13.1. The minimum absolute atomic E-state index is 0. The maximum atomic E-state index is 10.3. The first-order valence-electron chi connectivity index (χ1n) is 3.06. The van der Waals surface area contributed by atoms with Crippen LogP contribution in [-0.4, -0.2) is 67.2 Å². The molecule has 0 aliphatic rings. The minimum Gasteiger partial charge on any atom is -1.00 e. The van der Waals surface area contributed by atoms with Crippen LogP contribution in [0.1, 0.15) is 2.85 Å². The Bertz CT molecular complexity index is 294. The van der Waals surface area contributed by atoms with Crippen molar-refractivity contribution in [1.29, 1.82) is 0 Å². The van der Waals surface area contributed by atoms with Crippen molar-refractivity contribution in [2.75, 3.05) is 13.6 Å². The molecule has 0 atom stereocenters. The summed E-state index contributed by atoms with van der Waals surface area (Å²) in [6.07, 6.45) is 0. The van der Waals surface area contributed by atoms with Crippen LogP contribution in [-0.2, 0) is 9.36 Å². The molecule has 0 aromatic rings. The van der Waals surface area contributed by atoms with E-state index in [2.05, 4.69) is 4.76 Å². The summed E-state index contributed by atoms with van der Waals surface area (Å²) >= 11 is 0.